The van der Waals surface area contributed by atoms with Crippen LogP contribution in [0.1, 0.15) is 23.2 Å². The largest absolute Gasteiger partial charge is 0.445 e. The van der Waals surface area contributed by atoms with E-state index >= 15 is 0 Å². The third-order valence-electron chi connectivity index (χ3n) is 7.33. The van der Waals surface area contributed by atoms with Crippen molar-refractivity contribution in [1.82, 2.24) is 31.1 Å². The van der Waals surface area contributed by atoms with Gasteiger partial charge in [-0.05, 0) is 12.1 Å². The Morgan fingerprint density at radius 3 is 2.46 bits per heavy atom. The standard InChI is InChI=1S/C24H26Cl3N7O7/c1-12-28-18-14(9-33-16(35)7-8-17(33)36)29-20(31-21(38)41-11-22(25,26)27)34-10-15(24(39,40)23(18,34)32-12)30-19(37)13-5-3-2-4-6-13/h2-6,14-15,18,28,32,39-40H,1,7-11H2,(H,30,37)(H,29,31,38)/t14-,15?,18-,23-/m0/s1. The van der Waals surface area contributed by atoms with E-state index in [1.54, 1.807) is 30.3 Å². The zero-order valence-corrected chi connectivity index (χ0v) is 23.5. The van der Waals surface area contributed by atoms with Crippen LogP contribution in [0, 0.1) is 0 Å². The zero-order valence-electron chi connectivity index (χ0n) is 21.3. The lowest BCUT2D eigenvalue weighted by molar-refractivity contribution is -0.231. The normalized spacial score (nSPS) is 28.4. The molecule has 0 aliphatic carbocycles. The molecule has 0 radical (unpaired) electrons. The predicted octanol–water partition coefficient (Wildman–Crippen LogP) is -0.506. The summed E-state index contributed by atoms with van der Waals surface area (Å²) in [5.74, 6) is -4.19. The van der Waals surface area contributed by atoms with Gasteiger partial charge >= 0.3 is 6.09 Å². The molecule has 3 saturated heterocycles. The number of carbonyl (C=O) groups excluding carboxylic acids is 4. The maximum Gasteiger partial charge on any atom is 0.414 e. The number of aliphatic hydroxyl groups is 2. The van der Waals surface area contributed by atoms with Crippen molar-refractivity contribution < 1.29 is 34.1 Å². The van der Waals surface area contributed by atoms with Crippen LogP contribution in [-0.2, 0) is 14.3 Å². The molecular weight excluding hydrogens is 605 g/mol. The second kappa shape index (κ2) is 10.5. The van der Waals surface area contributed by atoms with Crippen molar-refractivity contribution >= 4 is 64.6 Å². The van der Waals surface area contributed by atoms with Gasteiger partial charge in [0.25, 0.3) is 5.91 Å². The Morgan fingerprint density at radius 1 is 1.17 bits per heavy atom. The van der Waals surface area contributed by atoms with E-state index in [1.165, 1.54) is 4.90 Å². The van der Waals surface area contributed by atoms with Crippen LogP contribution in [0.4, 0.5) is 4.79 Å². The van der Waals surface area contributed by atoms with Crippen LogP contribution < -0.4 is 21.3 Å². The maximum atomic E-state index is 13.0. The van der Waals surface area contributed by atoms with Gasteiger partial charge in [-0.15, -0.1) is 0 Å². The molecule has 17 heteroatoms. The van der Waals surface area contributed by atoms with Gasteiger partial charge in [0, 0.05) is 24.9 Å². The molecule has 4 heterocycles. The molecule has 14 nitrogen and oxygen atoms in total. The van der Waals surface area contributed by atoms with Crippen LogP contribution in [0.15, 0.2) is 47.7 Å². The summed E-state index contributed by atoms with van der Waals surface area (Å²) in [7, 11) is 0. The summed E-state index contributed by atoms with van der Waals surface area (Å²) in [5, 5.41) is 34.5. The summed E-state index contributed by atoms with van der Waals surface area (Å²) in [6, 6.07) is 4.79. The van der Waals surface area contributed by atoms with Crippen molar-refractivity contribution in [3.63, 3.8) is 0 Å². The number of imide groups is 1. The van der Waals surface area contributed by atoms with Gasteiger partial charge in [-0.25, -0.2) is 9.79 Å². The number of aliphatic imine (C=N–C) groups is 1. The highest BCUT2D eigenvalue weighted by molar-refractivity contribution is 6.67. The van der Waals surface area contributed by atoms with Gasteiger partial charge < -0.3 is 35.8 Å². The van der Waals surface area contributed by atoms with Gasteiger partial charge in [-0.1, -0.05) is 59.6 Å². The minimum Gasteiger partial charge on any atom is -0.445 e. The lowest BCUT2D eigenvalue weighted by Crippen LogP contribution is -2.78. The average Bonchev–Trinajstić information content (AvgIpc) is 3.50. The number of halogens is 3. The molecular formula is C24H26Cl3N7O7. The number of hydrogen-bond donors (Lipinski definition) is 6. The molecule has 4 amide bonds. The number of ether oxygens (including phenoxy) is 1. The van der Waals surface area contributed by atoms with E-state index in [0.717, 1.165) is 4.90 Å². The minimum atomic E-state index is -2.73. The Labute approximate surface area is 248 Å². The van der Waals surface area contributed by atoms with Crippen LogP contribution >= 0.6 is 34.8 Å². The van der Waals surface area contributed by atoms with Crippen LogP contribution in [0.2, 0.25) is 0 Å². The van der Waals surface area contributed by atoms with E-state index in [4.69, 9.17) is 39.5 Å². The molecule has 3 fully saturated rings. The number of benzene rings is 1. The second-order valence-electron chi connectivity index (χ2n) is 9.96. The first-order valence-electron chi connectivity index (χ1n) is 12.5. The minimum absolute atomic E-state index is 0.0293. The van der Waals surface area contributed by atoms with Crippen molar-refractivity contribution in [3.05, 3.63) is 48.3 Å². The molecule has 1 aromatic carbocycles. The van der Waals surface area contributed by atoms with Crippen molar-refractivity contribution in [2.24, 2.45) is 4.99 Å². The Hall–Kier alpha value is -3.30. The third-order valence-corrected chi connectivity index (χ3v) is 7.66. The highest BCUT2D eigenvalue weighted by Gasteiger charge is 2.74. The van der Waals surface area contributed by atoms with Crippen molar-refractivity contribution in [3.8, 4) is 0 Å². The third kappa shape index (κ3) is 5.26. The molecule has 0 aromatic heterocycles. The van der Waals surface area contributed by atoms with Gasteiger partial charge in [0.1, 0.15) is 12.6 Å². The number of likely N-dealkylation sites (tertiary alicyclic amines) is 1. The van der Waals surface area contributed by atoms with Crippen LogP contribution in [-0.4, -0.2) is 103 Å². The number of nitrogens with one attached hydrogen (secondary N) is 4. The summed E-state index contributed by atoms with van der Waals surface area (Å²) in [6.45, 7) is 2.74. The monoisotopic (exact) mass is 629 g/mol. The SMILES string of the molecule is C=C1N[C@H]2[C@H](CN3C(=O)CCC3=O)N=C(NC(=O)OCC(Cl)(Cl)Cl)N3CC(NC(=O)c4ccccc4)C(O)(O)[C@]23N1. The van der Waals surface area contributed by atoms with E-state index in [0.29, 0.717) is 0 Å². The topological polar surface area (TPSA) is 185 Å². The second-order valence-corrected chi connectivity index (χ2v) is 12.5. The predicted molar refractivity (Wildman–Crippen MR) is 145 cm³/mol. The first kappa shape index (κ1) is 29.2. The summed E-state index contributed by atoms with van der Waals surface area (Å²) in [4.78, 5) is 57.5. The smallest absolute Gasteiger partial charge is 0.414 e. The molecule has 1 unspecified atom stereocenters. The van der Waals surface area contributed by atoms with Crippen LogP contribution in [0.25, 0.3) is 0 Å². The van der Waals surface area contributed by atoms with Crippen molar-refractivity contribution in [2.75, 3.05) is 19.7 Å². The molecule has 6 N–H and O–H groups in total. The summed E-state index contributed by atoms with van der Waals surface area (Å²) in [6.07, 6.45) is -1.03. The number of alkyl halides is 3. The van der Waals surface area contributed by atoms with Gasteiger partial charge in [-0.3, -0.25) is 24.6 Å². The van der Waals surface area contributed by atoms with E-state index in [-0.39, 0.29) is 43.3 Å². The van der Waals surface area contributed by atoms with Crippen molar-refractivity contribution in [2.45, 2.75) is 46.2 Å². The molecule has 1 aromatic rings. The van der Waals surface area contributed by atoms with Gasteiger partial charge in [0.2, 0.25) is 27.4 Å². The molecule has 4 aliphatic heterocycles. The van der Waals surface area contributed by atoms with E-state index in [9.17, 15) is 29.4 Å². The van der Waals surface area contributed by atoms with E-state index in [1.807, 2.05) is 0 Å². The van der Waals surface area contributed by atoms with Gasteiger partial charge in [0.15, 0.2) is 5.66 Å². The van der Waals surface area contributed by atoms with E-state index < -0.39 is 63.8 Å². The lowest BCUT2D eigenvalue weighted by Gasteiger charge is -2.49. The van der Waals surface area contributed by atoms with Gasteiger partial charge in [-0.2, -0.15) is 0 Å². The average molecular weight is 631 g/mol. The van der Waals surface area contributed by atoms with Crippen LogP contribution in [0.5, 0.6) is 0 Å². The summed E-state index contributed by atoms with van der Waals surface area (Å²) in [5.41, 5.74) is -1.62. The highest BCUT2D eigenvalue weighted by atomic mass is 35.6. The fourth-order valence-corrected chi connectivity index (χ4v) is 5.72. The first-order valence-corrected chi connectivity index (χ1v) is 13.6. The number of amides is 4. The summed E-state index contributed by atoms with van der Waals surface area (Å²) >= 11 is 17.0. The zero-order chi connectivity index (χ0) is 29.7. The Morgan fingerprint density at radius 2 is 1.83 bits per heavy atom. The Balaban J connectivity index is 1.51. The van der Waals surface area contributed by atoms with E-state index in [2.05, 4.69) is 32.8 Å². The molecule has 220 valence electrons. The van der Waals surface area contributed by atoms with Crippen molar-refractivity contribution in [1.29, 1.82) is 0 Å². The molecule has 0 saturated carbocycles. The molecule has 4 atom stereocenters. The number of carbonyl (C=O) groups is 4. The molecule has 5 rings (SSSR count). The van der Waals surface area contributed by atoms with Crippen LogP contribution in [0.3, 0.4) is 0 Å². The molecule has 0 bridgehead atoms. The quantitative estimate of drug-likeness (QED) is 0.141. The molecule has 4 aliphatic rings. The number of alkyl carbamates (subject to hydrolysis) is 1. The molecule has 41 heavy (non-hydrogen) atoms. The highest BCUT2D eigenvalue weighted by Crippen LogP contribution is 2.45. The number of rotatable bonds is 5. The maximum absolute atomic E-state index is 13.0. The lowest BCUT2D eigenvalue weighted by atomic mass is 9.85. The van der Waals surface area contributed by atoms with Gasteiger partial charge in [0.05, 0.1) is 24.4 Å². The first-order chi connectivity index (χ1) is 19.2. The number of guanidine groups is 1. The number of hydrogen-bond acceptors (Lipinski definition) is 11. The Bertz CT molecular complexity index is 1310. The molecule has 1 spiro atoms. The fourth-order valence-electron chi connectivity index (χ4n) is 5.55. The summed E-state index contributed by atoms with van der Waals surface area (Å²) < 4.78 is 3.07. The fraction of sp³-hybridized carbons (Fsp3) is 0.458. The number of nitrogens with zero attached hydrogens (tertiary/aromatic N) is 3. The Kier molecular flexibility index (Phi) is 7.49.